The summed E-state index contributed by atoms with van der Waals surface area (Å²) >= 11 is 0. The van der Waals surface area contributed by atoms with Gasteiger partial charge in [0.2, 0.25) is 5.91 Å². The molecule has 0 spiro atoms. The molecule has 1 heterocycles. The van der Waals surface area contributed by atoms with Crippen molar-refractivity contribution in [1.29, 1.82) is 0 Å². The zero-order valence-electron chi connectivity index (χ0n) is 15.3. The summed E-state index contributed by atoms with van der Waals surface area (Å²) in [6, 6.07) is 9.34. The lowest BCUT2D eigenvalue weighted by Crippen LogP contribution is -2.14. The SMILES string of the molecule is COC(=O)Nc1ccc(N=Nc2ccccc2OC(=O)OC)c(NC(C)=O)n1. The van der Waals surface area contributed by atoms with Crippen LogP contribution in [0.15, 0.2) is 46.6 Å². The fourth-order valence-electron chi connectivity index (χ4n) is 1.88. The number of hydrogen-bond acceptors (Lipinski definition) is 9. The second-order valence-corrected chi connectivity index (χ2v) is 5.09. The number of carbonyl (C=O) groups is 3. The predicted molar refractivity (Wildman–Crippen MR) is 98.2 cm³/mol. The standard InChI is InChI=1S/C17H17N5O6/c1-10(23)18-15-12(8-9-14(19-15)20-16(24)26-2)22-21-11-6-4-5-7-13(11)28-17(25)27-3/h4-9H,1-3H3,(H2,18,19,20,23,24). The number of benzene rings is 1. The van der Waals surface area contributed by atoms with Crippen molar-refractivity contribution in [3.63, 3.8) is 0 Å². The number of para-hydroxylation sites is 1. The Morgan fingerprint density at radius 2 is 1.64 bits per heavy atom. The normalized spacial score (nSPS) is 10.2. The van der Waals surface area contributed by atoms with Crippen molar-refractivity contribution in [2.75, 3.05) is 24.9 Å². The highest BCUT2D eigenvalue weighted by molar-refractivity contribution is 5.91. The average Bonchev–Trinajstić information content (AvgIpc) is 2.67. The monoisotopic (exact) mass is 387 g/mol. The molecule has 1 aromatic heterocycles. The minimum absolute atomic E-state index is 0.0662. The molecule has 2 N–H and O–H groups in total. The van der Waals surface area contributed by atoms with Gasteiger partial charge in [-0.2, -0.15) is 0 Å². The van der Waals surface area contributed by atoms with Gasteiger partial charge in [0.15, 0.2) is 11.6 Å². The number of anilines is 2. The third-order valence-electron chi connectivity index (χ3n) is 3.07. The Kier molecular flexibility index (Phi) is 6.97. The second-order valence-electron chi connectivity index (χ2n) is 5.09. The quantitative estimate of drug-likeness (QED) is 0.452. The Labute approximate surface area is 159 Å². The Bertz CT molecular complexity index is 915. The van der Waals surface area contributed by atoms with Gasteiger partial charge in [-0.15, -0.1) is 10.2 Å². The molecule has 2 rings (SSSR count). The number of nitrogens with one attached hydrogen (secondary N) is 2. The van der Waals surface area contributed by atoms with E-state index in [0.717, 1.165) is 0 Å². The molecule has 11 heteroatoms. The van der Waals surface area contributed by atoms with Gasteiger partial charge < -0.3 is 19.5 Å². The minimum atomic E-state index is -0.901. The van der Waals surface area contributed by atoms with E-state index in [1.165, 1.54) is 39.3 Å². The maximum Gasteiger partial charge on any atom is 0.513 e. The van der Waals surface area contributed by atoms with Crippen LogP contribution in [0.1, 0.15) is 6.92 Å². The maximum absolute atomic E-state index is 11.4. The van der Waals surface area contributed by atoms with Crippen LogP contribution in [0.4, 0.5) is 32.6 Å². The first-order valence-corrected chi connectivity index (χ1v) is 7.83. The summed E-state index contributed by atoms with van der Waals surface area (Å²) in [5, 5.41) is 12.9. The molecule has 0 saturated heterocycles. The smallest absolute Gasteiger partial charge is 0.453 e. The van der Waals surface area contributed by atoms with Crippen LogP contribution in [0, 0.1) is 0 Å². The summed E-state index contributed by atoms with van der Waals surface area (Å²) in [5.74, 6) is -0.0507. The van der Waals surface area contributed by atoms with Crippen molar-refractivity contribution >= 4 is 41.2 Å². The molecule has 0 aliphatic carbocycles. The fourth-order valence-corrected chi connectivity index (χ4v) is 1.88. The molecule has 0 atom stereocenters. The van der Waals surface area contributed by atoms with Crippen LogP contribution in [-0.2, 0) is 14.3 Å². The molecule has 0 fully saturated rings. The van der Waals surface area contributed by atoms with Gasteiger partial charge in [-0.05, 0) is 24.3 Å². The summed E-state index contributed by atoms with van der Waals surface area (Å²) in [5.41, 5.74) is 0.455. The van der Waals surface area contributed by atoms with Crippen molar-refractivity contribution < 1.29 is 28.6 Å². The van der Waals surface area contributed by atoms with E-state index in [0.29, 0.717) is 0 Å². The summed E-state index contributed by atoms with van der Waals surface area (Å²) in [7, 11) is 2.39. The van der Waals surface area contributed by atoms with Crippen LogP contribution in [0.5, 0.6) is 5.75 Å². The van der Waals surface area contributed by atoms with Crippen molar-refractivity contribution in [2.24, 2.45) is 10.2 Å². The molecule has 1 aromatic carbocycles. The Hall–Kier alpha value is -4.02. The van der Waals surface area contributed by atoms with Crippen LogP contribution in [-0.4, -0.2) is 37.4 Å². The number of amides is 2. The van der Waals surface area contributed by atoms with Gasteiger partial charge in [0.05, 0.1) is 14.2 Å². The van der Waals surface area contributed by atoms with E-state index >= 15 is 0 Å². The van der Waals surface area contributed by atoms with E-state index in [1.54, 1.807) is 18.2 Å². The van der Waals surface area contributed by atoms with Crippen molar-refractivity contribution in [1.82, 2.24) is 4.98 Å². The molecule has 146 valence electrons. The molecule has 2 amide bonds. The summed E-state index contributed by atoms with van der Waals surface area (Å²) in [6.45, 7) is 1.29. The first kappa shape index (κ1) is 20.3. The van der Waals surface area contributed by atoms with E-state index in [4.69, 9.17) is 4.74 Å². The molecular formula is C17H17N5O6. The Morgan fingerprint density at radius 1 is 0.929 bits per heavy atom. The van der Waals surface area contributed by atoms with Crippen molar-refractivity contribution in [3.05, 3.63) is 36.4 Å². The fraction of sp³-hybridized carbons (Fsp3) is 0.176. The van der Waals surface area contributed by atoms with E-state index in [2.05, 4.69) is 35.3 Å². The second kappa shape index (κ2) is 9.62. The highest BCUT2D eigenvalue weighted by Gasteiger charge is 2.11. The first-order chi connectivity index (χ1) is 13.4. The number of aromatic nitrogens is 1. The molecule has 0 saturated carbocycles. The molecule has 0 unspecified atom stereocenters. The summed E-state index contributed by atoms with van der Waals surface area (Å²) in [4.78, 5) is 38.1. The third kappa shape index (κ3) is 5.76. The summed E-state index contributed by atoms with van der Waals surface area (Å²) < 4.78 is 13.9. The molecule has 0 aliphatic rings. The first-order valence-electron chi connectivity index (χ1n) is 7.83. The Morgan fingerprint density at radius 3 is 2.32 bits per heavy atom. The lowest BCUT2D eigenvalue weighted by molar-refractivity contribution is -0.114. The number of ether oxygens (including phenoxy) is 3. The molecule has 0 aliphatic heterocycles. The lowest BCUT2D eigenvalue weighted by Gasteiger charge is -2.08. The van der Waals surface area contributed by atoms with Gasteiger partial charge in [-0.25, -0.2) is 14.6 Å². The van der Waals surface area contributed by atoms with Gasteiger partial charge >= 0.3 is 12.2 Å². The van der Waals surface area contributed by atoms with E-state index in [9.17, 15) is 14.4 Å². The number of hydrogen-bond donors (Lipinski definition) is 2. The van der Waals surface area contributed by atoms with E-state index in [1.807, 2.05) is 0 Å². The van der Waals surface area contributed by atoms with Gasteiger partial charge in [-0.1, -0.05) is 12.1 Å². The largest absolute Gasteiger partial charge is 0.513 e. The molecule has 0 radical (unpaired) electrons. The van der Waals surface area contributed by atoms with Gasteiger partial charge in [-0.3, -0.25) is 10.1 Å². The number of nitrogens with zero attached hydrogens (tertiary/aromatic N) is 3. The number of methoxy groups -OCH3 is 2. The highest BCUT2D eigenvalue weighted by atomic mass is 16.7. The van der Waals surface area contributed by atoms with Crippen LogP contribution in [0.3, 0.4) is 0 Å². The van der Waals surface area contributed by atoms with Gasteiger partial charge in [0.25, 0.3) is 0 Å². The zero-order valence-corrected chi connectivity index (χ0v) is 15.3. The van der Waals surface area contributed by atoms with Gasteiger partial charge in [0, 0.05) is 6.92 Å². The maximum atomic E-state index is 11.4. The van der Waals surface area contributed by atoms with Crippen molar-refractivity contribution in [2.45, 2.75) is 6.92 Å². The zero-order chi connectivity index (χ0) is 20.5. The van der Waals surface area contributed by atoms with E-state index < -0.39 is 18.2 Å². The number of carbonyl (C=O) groups excluding carboxylic acids is 3. The highest BCUT2D eigenvalue weighted by Crippen LogP contribution is 2.31. The summed E-state index contributed by atoms with van der Waals surface area (Å²) in [6.07, 6.45) is -1.62. The molecule has 0 bridgehead atoms. The minimum Gasteiger partial charge on any atom is -0.453 e. The van der Waals surface area contributed by atoms with Crippen LogP contribution < -0.4 is 15.4 Å². The number of rotatable bonds is 5. The molecular weight excluding hydrogens is 370 g/mol. The van der Waals surface area contributed by atoms with Crippen LogP contribution >= 0.6 is 0 Å². The lowest BCUT2D eigenvalue weighted by atomic mass is 10.3. The molecule has 2 aromatic rings. The number of azo groups is 1. The topological polar surface area (TPSA) is 141 Å². The Balaban J connectivity index is 2.33. The van der Waals surface area contributed by atoms with Crippen LogP contribution in [0.2, 0.25) is 0 Å². The number of pyridine rings is 1. The molecule has 28 heavy (non-hydrogen) atoms. The van der Waals surface area contributed by atoms with E-state index in [-0.39, 0.29) is 28.8 Å². The third-order valence-corrected chi connectivity index (χ3v) is 3.07. The van der Waals surface area contributed by atoms with Gasteiger partial charge in [0.1, 0.15) is 17.2 Å². The van der Waals surface area contributed by atoms with Crippen LogP contribution in [0.25, 0.3) is 0 Å². The predicted octanol–water partition coefficient (Wildman–Crippen LogP) is 3.78. The molecule has 11 nitrogen and oxygen atoms in total. The van der Waals surface area contributed by atoms with Crippen molar-refractivity contribution in [3.8, 4) is 5.75 Å². The average molecular weight is 387 g/mol.